The smallest absolute Gasteiger partial charge is 0.413 e. The lowest BCUT2D eigenvalue weighted by atomic mass is 10.1. The number of nitrogens with zero attached hydrogens (tertiary/aromatic N) is 3. The SMILES string of the molecule is COC(=O)Nc1nc2ccc(Sc3ccc(N(C(N)=O)c4cc([N+](=O)[O-])ccc4C)cc3)cc2[nH]1. The van der Waals surface area contributed by atoms with Gasteiger partial charge < -0.3 is 15.5 Å². The van der Waals surface area contributed by atoms with E-state index in [1.54, 1.807) is 25.1 Å². The van der Waals surface area contributed by atoms with Gasteiger partial charge in [0.05, 0.1) is 34.4 Å². The number of aryl methyl sites for hydroxylation is 1. The third-order valence-electron chi connectivity index (χ3n) is 5.05. The fourth-order valence-corrected chi connectivity index (χ4v) is 4.25. The first-order valence-corrected chi connectivity index (χ1v) is 11.0. The number of aromatic nitrogens is 2. The van der Waals surface area contributed by atoms with Gasteiger partial charge in [0, 0.05) is 21.9 Å². The number of carbonyl (C=O) groups is 2. The number of H-pyrrole nitrogens is 1. The normalized spacial score (nSPS) is 10.7. The second-order valence-corrected chi connectivity index (χ2v) is 8.53. The Kier molecular flexibility index (Phi) is 6.55. The number of non-ortho nitro benzene ring substituents is 1. The lowest BCUT2D eigenvalue weighted by Gasteiger charge is -2.22. The van der Waals surface area contributed by atoms with Crippen molar-refractivity contribution in [1.82, 2.24) is 9.97 Å². The molecule has 4 rings (SSSR count). The van der Waals surface area contributed by atoms with Crippen molar-refractivity contribution in [3.63, 3.8) is 0 Å². The van der Waals surface area contributed by atoms with E-state index in [2.05, 4.69) is 20.0 Å². The fraction of sp³-hybridized carbons (Fsp3) is 0.0870. The molecule has 0 unspecified atom stereocenters. The van der Waals surface area contributed by atoms with Crippen molar-refractivity contribution in [1.29, 1.82) is 0 Å². The molecular formula is C23H20N6O5S. The number of nitrogens with two attached hydrogens (primary N) is 1. The lowest BCUT2D eigenvalue weighted by Crippen LogP contribution is -2.32. The van der Waals surface area contributed by atoms with Gasteiger partial charge in [0.2, 0.25) is 5.95 Å². The largest absolute Gasteiger partial charge is 0.453 e. The van der Waals surface area contributed by atoms with Crippen LogP contribution in [-0.2, 0) is 4.74 Å². The Morgan fingerprint density at radius 1 is 1.11 bits per heavy atom. The minimum atomic E-state index is -0.755. The molecule has 1 heterocycles. The fourth-order valence-electron chi connectivity index (χ4n) is 3.40. The first kappa shape index (κ1) is 23.6. The molecule has 0 saturated carbocycles. The van der Waals surface area contributed by atoms with E-state index >= 15 is 0 Å². The highest BCUT2D eigenvalue weighted by atomic mass is 32.2. The number of aromatic amines is 1. The number of carbonyl (C=O) groups excluding carboxylic acids is 2. The highest BCUT2D eigenvalue weighted by molar-refractivity contribution is 7.99. The van der Waals surface area contributed by atoms with Crippen LogP contribution in [-0.4, -0.2) is 34.1 Å². The summed E-state index contributed by atoms with van der Waals surface area (Å²) < 4.78 is 4.57. The monoisotopic (exact) mass is 492 g/mol. The zero-order chi connectivity index (χ0) is 25.1. The highest BCUT2D eigenvalue weighted by Gasteiger charge is 2.20. The Labute approximate surface area is 203 Å². The molecule has 0 aliphatic carbocycles. The number of nitrogens with one attached hydrogen (secondary N) is 2. The maximum Gasteiger partial charge on any atom is 0.413 e. The van der Waals surface area contributed by atoms with Crippen molar-refractivity contribution < 1.29 is 19.2 Å². The van der Waals surface area contributed by atoms with Crippen LogP contribution in [0, 0.1) is 17.0 Å². The topological polar surface area (TPSA) is 156 Å². The predicted octanol–water partition coefficient (Wildman–Crippen LogP) is 5.33. The van der Waals surface area contributed by atoms with Crippen LogP contribution in [0.3, 0.4) is 0 Å². The number of anilines is 3. The second kappa shape index (κ2) is 9.73. The molecule has 0 saturated heterocycles. The summed E-state index contributed by atoms with van der Waals surface area (Å²) in [5.41, 5.74) is 8.39. The Morgan fingerprint density at radius 3 is 2.49 bits per heavy atom. The summed E-state index contributed by atoms with van der Waals surface area (Å²) in [6.07, 6.45) is -0.621. The Balaban J connectivity index is 1.57. The average molecular weight is 493 g/mol. The van der Waals surface area contributed by atoms with Gasteiger partial charge in [-0.25, -0.2) is 14.6 Å². The molecule has 0 bridgehead atoms. The molecule has 12 heteroatoms. The number of urea groups is 1. The molecule has 178 valence electrons. The Bertz CT molecular complexity index is 1440. The quantitative estimate of drug-likeness (QED) is 0.243. The Morgan fingerprint density at radius 2 is 1.83 bits per heavy atom. The molecule has 3 amide bonds. The number of methoxy groups -OCH3 is 1. The zero-order valence-corrected chi connectivity index (χ0v) is 19.5. The van der Waals surface area contributed by atoms with Gasteiger partial charge in [-0.3, -0.25) is 20.3 Å². The zero-order valence-electron chi connectivity index (χ0n) is 18.6. The van der Waals surface area contributed by atoms with Gasteiger partial charge in [-0.2, -0.15) is 0 Å². The van der Waals surface area contributed by atoms with Crippen LogP contribution in [0.2, 0.25) is 0 Å². The first-order valence-electron chi connectivity index (χ1n) is 10.2. The van der Waals surface area contributed by atoms with Gasteiger partial charge in [-0.1, -0.05) is 17.8 Å². The number of imidazole rings is 1. The summed E-state index contributed by atoms with van der Waals surface area (Å²) in [6, 6.07) is 16.2. The van der Waals surface area contributed by atoms with Gasteiger partial charge in [0.1, 0.15) is 0 Å². The molecular weight excluding hydrogens is 472 g/mol. The van der Waals surface area contributed by atoms with Crippen molar-refractivity contribution in [2.45, 2.75) is 16.7 Å². The molecule has 0 fully saturated rings. The van der Waals surface area contributed by atoms with Crippen LogP contribution >= 0.6 is 11.8 Å². The number of primary amides is 1. The minimum absolute atomic E-state index is 0.136. The summed E-state index contributed by atoms with van der Waals surface area (Å²) in [4.78, 5) is 44.6. The van der Waals surface area contributed by atoms with E-state index in [4.69, 9.17) is 5.73 Å². The average Bonchev–Trinajstić information content (AvgIpc) is 3.22. The van der Waals surface area contributed by atoms with Crippen molar-refractivity contribution in [2.24, 2.45) is 5.73 Å². The number of hydrogen-bond donors (Lipinski definition) is 3. The third-order valence-corrected chi connectivity index (χ3v) is 6.05. The minimum Gasteiger partial charge on any atom is -0.453 e. The third kappa shape index (κ3) is 5.17. The van der Waals surface area contributed by atoms with Gasteiger partial charge in [0.15, 0.2) is 0 Å². The Hall–Kier alpha value is -4.58. The van der Waals surface area contributed by atoms with E-state index in [-0.39, 0.29) is 11.6 Å². The molecule has 11 nitrogen and oxygen atoms in total. The number of benzene rings is 3. The van der Waals surface area contributed by atoms with Gasteiger partial charge >= 0.3 is 12.1 Å². The van der Waals surface area contributed by atoms with E-state index < -0.39 is 17.0 Å². The van der Waals surface area contributed by atoms with Gasteiger partial charge in [0.25, 0.3) is 5.69 Å². The van der Waals surface area contributed by atoms with E-state index in [1.165, 1.54) is 35.9 Å². The van der Waals surface area contributed by atoms with Crippen LogP contribution in [0.25, 0.3) is 11.0 Å². The maximum absolute atomic E-state index is 12.3. The number of ether oxygens (including phenoxy) is 1. The van der Waals surface area contributed by atoms with Gasteiger partial charge in [-0.15, -0.1) is 0 Å². The number of fused-ring (bicyclic) bond motifs is 1. The van der Waals surface area contributed by atoms with Crippen LogP contribution in [0.1, 0.15) is 5.56 Å². The molecule has 0 aliphatic rings. The number of amides is 3. The first-order chi connectivity index (χ1) is 16.7. The molecule has 3 aromatic carbocycles. The van der Waals surface area contributed by atoms with E-state index in [0.29, 0.717) is 22.5 Å². The molecule has 4 aromatic rings. The molecule has 4 N–H and O–H groups in total. The summed E-state index contributed by atoms with van der Waals surface area (Å²) in [5.74, 6) is 0.279. The number of rotatable bonds is 6. The number of nitro groups is 1. The van der Waals surface area contributed by atoms with E-state index in [0.717, 1.165) is 15.3 Å². The van der Waals surface area contributed by atoms with E-state index in [9.17, 15) is 19.7 Å². The van der Waals surface area contributed by atoms with Crippen molar-refractivity contribution >= 4 is 57.9 Å². The van der Waals surface area contributed by atoms with Crippen molar-refractivity contribution in [3.05, 3.63) is 76.3 Å². The highest BCUT2D eigenvalue weighted by Crippen LogP contribution is 2.35. The van der Waals surface area contributed by atoms with Gasteiger partial charge in [-0.05, 0) is 55.0 Å². The van der Waals surface area contributed by atoms with Crippen LogP contribution in [0.4, 0.5) is 32.6 Å². The van der Waals surface area contributed by atoms with Crippen LogP contribution < -0.4 is 16.0 Å². The predicted molar refractivity (Wildman–Crippen MR) is 132 cm³/mol. The molecule has 0 radical (unpaired) electrons. The van der Waals surface area contributed by atoms with Crippen molar-refractivity contribution in [3.8, 4) is 0 Å². The maximum atomic E-state index is 12.3. The summed E-state index contributed by atoms with van der Waals surface area (Å²) in [6.45, 7) is 1.75. The van der Waals surface area contributed by atoms with E-state index in [1.807, 2.05) is 30.3 Å². The van der Waals surface area contributed by atoms with Crippen molar-refractivity contribution in [2.75, 3.05) is 17.3 Å². The number of nitro benzene ring substituents is 1. The van der Waals surface area contributed by atoms with Crippen LogP contribution in [0.15, 0.2) is 70.5 Å². The molecule has 0 atom stereocenters. The summed E-state index contributed by atoms with van der Waals surface area (Å²) in [5, 5.41) is 13.7. The van der Waals surface area contributed by atoms with Crippen LogP contribution in [0.5, 0.6) is 0 Å². The molecule has 0 spiro atoms. The number of hydrogen-bond acceptors (Lipinski definition) is 7. The molecule has 35 heavy (non-hydrogen) atoms. The molecule has 0 aliphatic heterocycles. The standard InChI is InChI=1S/C23H20N6O5S/c1-13-3-4-15(29(32)33)11-20(13)28(21(24)30)14-5-7-16(8-6-14)35-17-9-10-18-19(12-17)26-22(25-18)27-23(31)34-2/h3-12H,1-2H3,(H2,24,30)(H2,25,26,27,31). The lowest BCUT2D eigenvalue weighted by molar-refractivity contribution is -0.384. The summed E-state index contributed by atoms with van der Waals surface area (Å²) in [7, 11) is 1.27. The molecule has 1 aromatic heterocycles. The second-order valence-electron chi connectivity index (χ2n) is 7.38. The summed E-state index contributed by atoms with van der Waals surface area (Å²) >= 11 is 1.48.